The van der Waals surface area contributed by atoms with Gasteiger partial charge in [-0.1, -0.05) is 24.3 Å². The molecule has 1 atom stereocenters. The molecule has 0 saturated carbocycles. The molecule has 4 heterocycles. The van der Waals surface area contributed by atoms with Crippen LogP contribution in [0.25, 0.3) is 21.0 Å². The van der Waals surface area contributed by atoms with Crippen molar-refractivity contribution in [3.05, 3.63) is 74.3 Å². The highest BCUT2D eigenvalue weighted by Crippen LogP contribution is 2.36. The second kappa shape index (κ2) is 9.97. The molecule has 0 aliphatic carbocycles. The summed E-state index contributed by atoms with van der Waals surface area (Å²) in [5, 5.41) is 10.2. The molecule has 0 radical (unpaired) electrons. The third-order valence-electron chi connectivity index (χ3n) is 7.05. The number of hydrogen-bond acceptors (Lipinski definition) is 8. The first-order valence-electron chi connectivity index (χ1n) is 12.3. The fraction of sp³-hybridized carbons (Fsp3) is 0.407. The standard InChI is InChI=1S/C27H29N3O7S/c1-15-7-5-6-8-18(15)19(37-14-17-12-35-13-17)11-29-24-20(16(2)21(38-24)22-28-9-10-36-22)23(31)30(26(29)34)27(3,4)25(32)33/h5-10,17,19H,11-14H2,1-4H3,(H,32,33). The average molecular weight is 540 g/mol. The lowest BCUT2D eigenvalue weighted by Gasteiger charge is -2.29. The van der Waals surface area contributed by atoms with Gasteiger partial charge in [-0.25, -0.2) is 19.1 Å². The highest BCUT2D eigenvalue weighted by Gasteiger charge is 2.36. The Balaban J connectivity index is 1.74. The first-order valence-corrected chi connectivity index (χ1v) is 13.1. The summed E-state index contributed by atoms with van der Waals surface area (Å²) in [6.07, 6.45) is 2.42. The lowest BCUT2D eigenvalue weighted by atomic mass is 10.0. The Kier molecular flexibility index (Phi) is 6.84. The highest BCUT2D eigenvalue weighted by molar-refractivity contribution is 7.22. The summed E-state index contributed by atoms with van der Waals surface area (Å²) in [6.45, 7) is 8.17. The molecule has 1 N–H and O–H groups in total. The number of aliphatic carboxylic acids is 1. The van der Waals surface area contributed by atoms with Crippen LogP contribution in [0, 0.1) is 19.8 Å². The maximum Gasteiger partial charge on any atom is 0.333 e. The van der Waals surface area contributed by atoms with Crippen molar-refractivity contribution in [3.63, 3.8) is 0 Å². The molecule has 5 rings (SSSR count). The van der Waals surface area contributed by atoms with E-state index in [4.69, 9.17) is 13.9 Å². The number of hydrogen-bond donors (Lipinski definition) is 1. The quantitative estimate of drug-likeness (QED) is 0.341. The monoisotopic (exact) mass is 539 g/mol. The first kappa shape index (κ1) is 26.1. The molecule has 0 spiro atoms. The molecule has 1 aliphatic rings. The number of thiophene rings is 1. The Hall–Kier alpha value is -3.54. The zero-order chi connectivity index (χ0) is 27.2. The lowest BCUT2D eigenvalue weighted by Crippen LogP contribution is -2.52. The van der Waals surface area contributed by atoms with E-state index in [0.29, 0.717) is 41.0 Å². The number of carboxylic acid groups (broad SMARTS) is 1. The van der Waals surface area contributed by atoms with Crippen LogP contribution < -0.4 is 11.2 Å². The molecular formula is C27H29N3O7S. The highest BCUT2D eigenvalue weighted by atomic mass is 32.1. The fourth-order valence-corrected chi connectivity index (χ4v) is 5.87. The minimum absolute atomic E-state index is 0.0781. The van der Waals surface area contributed by atoms with Crippen molar-refractivity contribution in [3.8, 4) is 10.8 Å². The number of nitrogens with zero attached hydrogens (tertiary/aromatic N) is 3. The molecule has 1 saturated heterocycles. The van der Waals surface area contributed by atoms with Crippen molar-refractivity contribution in [1.82, 2.24) is 14.1 Å². The number of carboxylic acids is 1. The Bertz CT molecular complexity index is 1610. The zero-order valence-corrected chi connectivity index (χ0v) is 22.4. The van der Waals surface area contributed by atoms with E-state index in [2.05, 4.69) is 4.98 Å². The largest absolute Gasteiger partial charge is 0.480 e. The van der Waals surface area contributed by atoms with Crippen molar-refractivity contribution >= 4 is 27.5 Å². The molecular weight excluding hydrogens is 510 g/mol. The van der Waals surface area contributed by atoms with E-state index >= 15 is 0 Å². The Morgan fingerprint density at radius 3 is 2.61 bits per heavy atom. The van der Waals surface area contributed by atoms with Crippen LogP contribution in [0.15, 0.2) is 50.7 Å². The van der Waals surface area contributed by atoms with Gasteiger partial charge in [0.25, 0.3) is 5.56 Å². The number of aromatic nitrogens is 3. The van der Waals surface area contributed by atoms with E-state index in [-0.39, 0.29) is 17.8 Å². The van der Waals surface area contributed by atoms with Crippen LogP contribution in [-0.4, -0.2) is 45.0 Å². The van der Waals surface area contributed by atoms with Crippen molar-refractivity contribution in [2.24, 2.45) is 5.92 Å². The second-order valence-electron chi connectivity index (χ2n) is 10.1. The minimum Gasteiger partial charge on any atom is -0.480 e. The molecule has 1 aliphatic heterocycles. The predicted molar refractivity (Wildman–Crippen MR) is 142 cm³/mol. The molecule has 11 heteroatoms. The molecule has 0 amide bonds. The maximum atomic E-state index is 14.0. The summed E-state index contributed by atoms with van der Waals surface area (Å²) in [4.78, 5) is 45.1. The van der Waals surface area contributed by atoms with E-state index in [0.717, 1.165) is 15.7 Å². The Morgan fingerprint density at radius 1 is 1.26 bits per heavy atom. The van der Waals surface area contributed by atoms with Crippen molar-refractivity contribution < 1.29 is 23.8 Å². The van der Waals surface area contributed by atoms with Gasteiger partial charge < -0.3 is 19.0 Å². The van der Waals surface area contributed by atoms with Gasteiger partial charge in [0, 0.05) is 5.92 Å². The summed E-state index contributed by atoms with van der Waals surface area (Å²) >= 11 is 1.22. The molecule has 1 unspecified atom stereocenters. The fourth-order valence-electron chi connectivity index (χ4n) is 4.62. The minimum atomic E-state index is -1.79. The van der Waals surface area contributed by atoms with Crippen molar-refractivity contribution in [2.75, 3.05) is 19.8 Å². The van der Waals surface area contributed by atoms with Gasteiger partial charge in [-0.05, 0) is 44.4 Å². The first-order chi connectivity index (χ1) is 18.1. The number of benzene rings is 1. The predicted octanol–water partition coefficient (Wildman–Crippen LogP) is 3.72. The van der Waals surface area contributed by atoms with Crippen LogP contribution in [0.2, 0.25) is 0 Å². The Labute approximate surface area is 222 Å². The van der Waals surface area contributed by atoms with Gasteiger partial charge in [-0.3, -0.25) is 9.36 Å². The van der Waals surface area contributed by atoms with Crippen molar-refractivity contribution in [1.29, 1.82) is 0 Å². The third-order valence-corrected chi connectivity index (χ3v) is 8.35. The zero-order valence-electron chi connectivity index (χ0n) is 21.6. The van der Waals surface area contributed by atoms with Crippen molar-refractivity contribution in [2.45, 2.75) is 45.9 Å². The number of rotatable bonds is 9. The number of oxazole rings is 1. The van der Waals surface area contributed by atoms with Gasteiger partial charge >= 0.3 is 11.7 Å². The molecule has 3 aromatic heterocycles. The number of ether oxygens (including phenoxy) is 2. The topological polar surface area (TPSA) is 126 Å². The molecule has 1 aromatic carbocycles. The lowest BCUT2D eigenvalue weighted by molar-refractivity contribution is -0.146. The molecule has 200 valence electrons. The van der Waals surface area contributed by atoms with E-state index in [1.165, 1.54) is 42.2 Å². The van der Waals surface area contributed by atoms with Crippen LogP contribution in [-0.2, 0) is 26.4 Å². The molecule has 1 fully saturated rings. The summed E-state index contributed by atoms with van der Waals surface area (Å²) in [6, 6.07) is 7.77. The van der Waals surface area contributed by atoms with Gasteiger partial charge in [0.2, 0.25) is 5.89 Å². The van der Waals surface area contributed by atoms with E-state index in [1.54, 1.807) is 6.92 Å². The van der Waals surface area contributed by atoms with Gasteiger partial charge in [-0.15, -0.1) is 11.3 Å². The Morgan fingerprint density at radius 2 is 2.00 bits per heavy atom. The van der Waals surface area contributed by atoms with Crippen LogP contribution in [0.3, 0.4) is 0 Å². The molecule has 38 heavy (non-hydrogen) atoms. The molecule has 10 nitrogen and oxygen atoms in total. The smallest absolute Gasteiger partial charge is 0.333 e. The summed E-state index contributed by atoms with van der Waals surface area (Å²) in [5.41, 5.74) is -0.701. The summed E-state index contributed by atoms with van der Waals surface area (Å²) in [5.74, 6) is -0.707. The van der Waals surface area contributed by atoms with Gasteiger partial charge in [0.1, 0.15) is 22.7 Å². The van der Waals surface area contributed by atoms with Crippen LogP contribution in [0.5, 0.6) is 0 Å². The van der Waals surface area contributed by atoms with E-state index < -0.39 is 28.9 Å². The molecule has 0 bridgehead atoms. The summed E-state index contributed by atoms with van der Waals surface area (Å²) in [7, 11) is 0. The number of fused-ring (bicyclic) bond motifs is 1. The SMILES string of the molecule is Cc1ccccc1C(Cn1c(=O)n(C(C)(C)C(=O)O)c(=O)c2c(C)c(-c3ncco3)sc21)OCC1COC1. The number of carbonyl (C=O) groups is 1. The maximum absolute atomic E-state index is 14.0. The van der Waals surface area contributed by atoms with Crippen LogP contribution in [0.1, 0.15) is 36.6 Å². The van der Waals surface area contributed by atoms with Crippen LogP contribution in [0.4, 0.5) is 0 Å². The summed E-state index contributed by atoms with van der Waals surface area (Å²) < 4.78 is 19.4. The molecule has 4 aromatic rings. The van der Waals surface area contributed by atoms with Gasteiger partial charge in [0.05, 0.1) is 42.8 Å². The van der Waals surface area contributed by atoms with Gasteiger partial charge in [-0.2, -0.15) is 0 Å². The van der Waals surface area contributed by atoms with E-state index in [1.807, 2.05) is 31.2 Å². The van der Waals surface area contributed by atoms with Crippen LogP contribution >= 0.6 is 11.3 Å². The second-order valence-corrected chi connectivity index (χ2v) is 11.1. The average Bonchev–Trinajstić information content (AvgIpc) is 3.48. The van der Waals surface area contributed by atoms with E-state index in [9.17, 15) is 19.5 Å². The van der Waals surface area contributed by atoms with Gasteiger partial charge in [0.15, 0.2) is 0 Å². The normalized spacial score (nSPS) is 15.1. The number of aryl methyl sites for hydroxylation is 2. The third kappa shape index (κ3) is 4.40.